The molecule has 106 valence electrons. The number of aliphatic hydroxyl groups excluding tert-OH is 1. The summed E-state index contributed by atoms with van der Waals surface area (Å²) in [5.74, 6) is 1.40. The van der Waals surface area contributed by atoms with Crippen LogP contribution in [0, 0.1) is 5.92 Å². The van der Waals surface area contributed by atoms with Gasteiger partial charge >= 0.3 is 0 Å². The Balaban J connectivity index is 1.67. The van der Waals surface area contributed by atoms with Gasteiger partial charge in [0.15, 0.2) is 0 Å². The molecule has 1 saturated carbocycles. The van der Waals surface area contributed by atoms with E-state index in [4.69, 9.17) is 5.11 Å². The Kier molecular flexibility index (Phi) is 5.87. The highest BCUT2D eigenvalue weighted by molar-refractivity contribution is 5.22. The van der Waals surface area contributed by atoms with Crippen molar-refractivity contribution < 1.29 is 5.11 Å². The van der Waals surface area contributed by atoms with Crippen molar-refractivity contribution in [2.24, 2.45) is 5.92 Å². The molecule has 2 rings (SSSR count). The lowest BCUT2D eigenvalue weighted by molar-refractivity contribution is 0.228. The van der Waals surface area contributed by atoms with Crippen LogP contribution in [0.15, 0.2) is 30.3 Å². The van der Waals surface area contributed by atoms with Crippen molar-refractivity contribution in [3.05, 3.63) is 35.9 Å². The molecule has 19 heavy (non-hydrogen) atoms. The highest BCUT2D eigenvalue weighted by Gasteiger charge is 2.29. The second-order valence-electron chi connectivity index (χ2n) is 5.85. The summed E-state index contributed by atoms with van der Waals surface area (Å²) in [5.41, 5.74) is 1.49. The third kappa shape index (κ3) is 4.32. The summed E-state index contributed by atoms with van der Waals surface area (Å²) in [6.45, 7) is 3.61. The SMILES string of the molecule is CCCC(CCO)CNC1CC(c2ccccc2)C1. The molecule has 0 aliphatic heterocycles. The van der Waals surface area contributed by atoms with E-state index in [2.05, 4.69) is 42.6 Å². The Labute approximate surface area is 117 Å². The highest BCUT2D eigenvalue weighted by Crippen LogP contribution is 2.36. The molecule has 1 aliphatic rings. The fourth-order valence-corrected chi connectivity index (χ4v) is 3.05. The molecule has 1 atom stereocenters. The molecule has 2 nitrogen and oxygen atoms in total. The third-order valence-electron chi connectivity index (χ3n) is 4.34. The summed E-state index contributed by atoms with van der Waals surface area (Å²) < 4.78 is 0. The molecule has 0 spiro atoms. The molecule has 0 radical (unpaired) electrons. The van der Waals surface area contributed by atoms with E-state index in [9.17, 15) is 0 Å². The van der Waals surface area contributed by atoms with Gasteiger partial charge in [-0.3, -0.25) is 0 Å². The van der Waals surface area contributed by atoms with E-state index in [0.717, 1.165) is 18.9 Å². The molecule has 1 unspecified atom stereocenters. The van der Waals surface area contributed by atoms with E-state index in [0.29, 0.717) is 18.6 Å². The molecule has 0 heterocycles. The van der Waals surface area contributed by atoms with Gasteiger partial charge in [0, 0.05) is 12.6 Å². The van der Waals surface area contributed by atoms with Gasteiger partial charge in [-0.2, -0.15) is 0 Å². The molecule has 1 aromatic rings. The molecule has 1 aliphatic carbocycles. The smallest absolute Gasteiger partial charge is 0.0434 e. The maximum absolute atomic E-state index is 9.06. The normalized spacial score (nSPS) is 23.9. The zero-order chi connectivity index (χ0) is 13.5. The van der Waals surface area contributed by atoms with Crippen LogP contribution in [0.1, 0.15) is 50.5 Å². The molecule has 0 amide bonds. The Bertz CT molecular complexity index is 340. The molecule has 2 N–H and O–H groups in total. The van der Waals surface area contributed by atoms with Crippen LogP contribution in [-0.2, 0) is 0 Å². The first-order valence-electron chi connectivity index (χ1n) is 7.72. The van der Waals surface area contributed by atoms with Crippen LogP contribution in [0.4, 0.5) is 0 Å². The minimum atomic E-state index is 0.323. The first-order valence-corrected chi connectivity index (χ1v) is 7.72. The summed E-state index contributed by atoms with van der Waals surface area (Å²) in [6.07, 6.45) is 5.91. The van der Waals surface area contributed by atoms with Gasteiger partial charge in [-0.15, -0.1) is 0 Å². The average molecular weight is 261 g/mol. The van der Waals surface area contributed by atoms with Crippen molar-refractivity contribution in [1.82, 2.24) is 5.32 Å². The Hall–Kier alpha value is -0.860. The number of rotatable bonds is 8. The number of aliphatic hydroxyl groups is 1. The van der Waals surface area contributed by atoms with E-state index in [1.807, 2.05) is 0 Å². The average Bonchev–Trinajstić information content (AvgIpc) is 2.38. The zero-order valence-corrected chi connectivity index (χ0v) is 12.0. The monoisotopic (exact) mass is 261 g/mol. The van der Waals surface area contributed by atoms with Gasteiger partial charge in [-0.05, 0) is 49.6 Å². The maximum Gasteiger partial charge on any atom is 0.0434 e. The molecule has 2 heteroatoms. The molecular formula is C17H27NO. The van der Waals surface area contributed by atoms with E-state index in [1.54, 1.807) is 0 Å². The van der Waals surface area contributed by atoms with Gasteiger partial charge in [0.1, 0.15) is 0 Å². The van der Waals surface area contributed by atoms with Gasteiger partial charge < -0.3 is 10.4 Å². The van der Waals surface area contributed by atoms with Crippen LogP contribution >= 0.6 is 0 Å². The van der Waals surface area contributed by atoms with Crippen LogP contribution in [0.2, 0.25) is 0 Å². The summed E-state index contributed by atoms with van der Waals surface area (Å²) in [4.78, 5) is 0. The van der Waals surface area contributed by atoms with E-state index < -0.39 is 0 Å². The summed E-state index contributed by atoms with van der Waals surface area (Å²) >= 11 is 0. The first kappa shape index (κ1) is 14.5. The van der Waals surface area contributed by atoms with Crippen LogP contribution in [0.5, 0.6) is 0 Å². The lowest BCUT2D eigenvalue weighted by Crippen LogP contribution is -2.42. The van der Waals surface area contributed by atoms with Crippen LogP contribution in [0.25, 0.3) is 0 Å². The fourth-order valence-electron chi connectivity index (χ4n) is 3.05. The Morgan fingerprint density at radius 2 is 1.95 bits per heavy atom. The van der Waals surface area contributed by atoms with Crippen molar-refractivity contribution >= 4 is 0 Å². The molecule has 1 aromatic carbocycles. The minimum absolute atomic E-state index is 0.323. The zero-order valence-electron chi connectivity index (χ0n) is 12.0. The van der Waals surface area contributed by atoms with Crippen LogP contribution in [0.3, 0.4) is 0 Å². The first-order chi connectivity index (χ1) is 9.33. The van der Waals surface area contributed by atoms with Crippen LogP contribution in [-0.4, -0.2) is 24.3 Å². The van der Waals surface area contributed by atoms with Crippen molar-refractivity contribution in [2.45, 2.75) is 51.0 Å². The van der Waals surface area contributed by atoms with Crippen molar-refractivity contribution in [1.29, 1.82) is 0 Å². The second-order valence-corrected chi connectivity index (χ2v) is 5.85. The molecule has 0 aromatic heterocycles. The number of hydrogen-bond acceptors (Lipinski definition) is 2. The number of nitrogens with one attached hydrogen (secondary N) is 1. The molecule has 1 fully saturated rings. The predicted molar refractivity (Wildman–Crippen MR) is 80.3 cm³/mol. The van der Waals surface area contributed by atoms with Gasteiger partial charge in [0.05, 0.1) is 0 Å². The molecule has 0 bridgehead atoms. The summed E-state index contributed by atoms with van der Waals surface area (Å²) in [7, 11) is 0. The molecule has 0 saturated heterocycles. The lowest BCUT2D eigenvalue weighted by Gasteiger charge is -2.37. The number of hydrogen-bond donors (Lipinski definition) is 2. The Morgan fingerprint density at radius 1 is 1.21 bits per heavy atom. The standard InChI is InChI=1S/C17H27NO/c1-2-6-14(9-10-19)13-18-17-11-16(12-17)15-7-4-3-5-8-15/h3-5,7-8,14,16-19H,2,6,9-13H2,1H3. The van der Waals surface area contributed by atoms with Gasteiger partial charge in [0.25, 0.3) is 0 Å². The van der Waals surface area contributed by atoms with Crippen molar-refractivity contribution in [3.63, 3.8) is 0 Å². The van der Waals surface area contributed by atoms with Crippen molar-refractivity contribution in [3.8, 4) is 0 Å². The predicted octanol–water partition coefficient (Wildman–Crippen LogP) is 3.32. The van der Waals surface area contributed by atoms with Crippen LogP contribution < -0.4 is 5.32 Å². The quantitative estimate of drug-likeness (QED) is 0.752. The number of benzene rings is 1. The highest BCUT2D eigenvalue weighted by atomic mass is 16.3. The van der Waals surface area contributed by atoms with Crippen molar-refractivity contribution in [2.75, 3.05) is 13.2 Å². The lowest BCUT2D eigenvalue weighted by atomic mass is 9.75. The largest absolute Gasteiger partial charge is 0.396 e. The van der Waals surface area contributed by atoms with Gasteiger partial charge in [-0.25, -0.2) is 0 Å². The van der Waals surface area contributed by atoms with E-state index >= 15 is 0 Å². The maximum atomic E-state index is 9.06. The topological polar surface area (TPSA) is 32.3 Å². The van der Waals surface area contributed by atoms with E-state index in [-0.39, 0.29) is 0 Å². The summed E-state index contributed by atoms with van der Waals surface area (Å²) in [6, 6.07) is 11.5. The summed E-state index contributed by atoms with van der Waals surface area (Å²) in [5, 5.41) is 12.7. The minimum Gasteiger partial charge on any atom is -0.396 e. The molecular weight excluding hydrogens is 234 g/mol. The fraction of sp³-hybridized carbons (Fsp3) is 0.647. The van der Waals surface area contributed by atoms with E-state index in [1.165, 1.54) is 31.2 Å². The third-order valence-corrected chi connectivity index (χ3v) is 4.34. The second kappa shape index (κ2) is 7.66. The Morgan fingerprint density at radius 3 is 2.58 bits per heavy atom. The van der Waals surface area contributed by atoms with Gasteiger partial charge in [-0.1, -0.05) is 43.7 Å². The van der Waals surface area contributed by atoms with Gasteiger partial charge in [0.2, 0.25) is 0 Å².